The first-order valence-corrected chi connectivity index (χ1v) is 12.1. The zero-order valence-corrected chi connectivity index (χ0v) is 20.2. The number of rotatable bonds is 6. The van der Waals surface area contributed by atoms with Gasteiger partial charge in [0.1, 0.15) is 5.75 Å². The molecule has 5 rings (SSSR count). The van der Waals surface area contributed by atoms with Crippen molar-refractivity contribution in [3.05, 3.63) is 34.7 Å². The van der Waals surface area contributed by atoms with Gasteiger partial charge >= 0.3 is 11.7 Å². The average molecular weight is 489 g/mol. The molecule has 4 heterocycles. The second-order valence-electron chi connectivity index (χ2n) is 9.07. The number of piperidine rings is 2. The fourth-order valence-electron chi connectivity index (χ4n) is 4.98. The summed E-state index contributed by atoms with van der Waals surface area (Å²) in [6.07, 6.45) is 6.88. The molecule has 2 aromatic heterocycles. The number of hydrogen-bond donors (Lipinski definition) is 3. The summed E-state index contributed by atoms with van der Waals surface area (Å²) in [5.74, 6) is 0.743. The number of urea groups is 1. The summed E-state index contributed by atoms with van der Waals surface area (Å²) in [6.45, 7) is 5.23. The van der Waals surface area contributed by atoms with Crippen molar-refractivity contribution in [2.24, 2.45) is 0 Å². The molecule has 0 spiro atoms. The molecule has 0 bridgehead atoms. The molecule has 2 fully saturated rings. The van der Waals surface area contributed by atoms with Crippen molar-refractivity contribution in [3.63, 3.8) is 0 Å². The van der Waals surface area contributed by atoms with Crippen LogP contribution in [0.3, 0.4) is 0 Å². The van der Waals surface area contributed by atoms with E-state index in [2.05, 4.69) is 25.2 Å². The molecule has 0 unspecified atom stereocenters. The molecule has 184 valence electrons. The molecule has 0 radical (unpaired) electrons. The molecule has 9 nitrogen and oxygen atoms in total. The average Bonchev–Trinajstić information content (AvgIpc) is 3.21. The molecular formula is C24H33ClN6O3. The number of nitrogens with zero attached hydrogens (tertiary/aromatic N) is 3. The molecule has 3 aromatic rings. The van der Waals surface area contributed by atoms with E-state index in [9.17, 15) is 9.59 Å². The van der Waals surface area contributed by atoms with E-state index in [0.717, 1.165) is 49.0 Å². The summed E-state index contributed by atoms with van der Waals surface area (Å²) >= 11 is 0. The third-order valence-electron chi connectivity index (χ3n) is 6.79. The third kappa shape index (κ3) is 5.64. The number of halogens is 1. The Kier molecular flexibility index (Phi) is 7.95. The second kappa shape index (κ2) is 11.1. The third-order valence-corrected chi connectivity index (χ3v) is 6.79. The molecule has 3 N–H and O–H groups in total. The Labute approximate surface area is 204 Å². The number of likely N-dealkylation sites (tertiary alicyclic amines) is 2. The van der Waals surface area contributed by atoms with Gasteiger partial charge in [0.25, 0.3) is 0 Å². The van der Waals surface area contributed by atoms with Crippen LogP contribution in [0.25, 0.3) is 22.1 Å². The van der Waals surface area contributed by atoms with Gasteiger partial charge in [-0.3, -0.25) is 4.98 Å². The maximum atomic E-state index is 12.5. The lowest BCUT2D eigenvalue weighted by Crippen LogP contribution is -2.50. The monoisotopic (exact) mass is 488 g/mol. The highest BCUT2D eigenvalue weighted by molar-refractivity contribution is 5.90. The molecule has 10 heteroatoms. The lowest BCUT2D eigenvalue weighted by molar-refractivity contribution is 0.101. The molecule has 34 heavy (non-hydrogen) atoms. The van der Waals surface area contributed by atoms with Crippen molar-refractivity contribution in [2.45, 2.75) is 44.6 Å². The number of aromatic nitrogens is 3. The Morgan fingerprint density at radius 1 is 1.09 bits per heavy atom. The minimum atomic E-state index is -0.266. The standard InChI is InChI=1S/C24H32N6O3.ClH/c31-23-27-21-16-17-15-19(5-6-20(17)26-22(21)28-23)33-14-4-9-25-24(32)30-12-7-18(8-13-30)29-10-2-1-3-11-29;/h5-6,15-16,18H,1-4,7-14H2,(H,25,32)(H2,26,27,28,31);1H. The molecule has 2 amide bonds. The fraction of sp³-hybridized carbons (Fsp3) is 0.542. The number of fused-ring (bicyclic) bond motifs is 2. The predicted octanol–water partition coefficient (Wildman–Crippen LogP) is 3.26. The van der Waals surface area contributed by atoms with Crippen molar-refractivity contribution in [1.29, 1.82) is 0 Å². The van der Waals surface area contributed by atoms with Gasteiger partial charge in [0, 0.05) is 31.1 Å². The van der Waals surface area contributed by atoms with Crippen LogP contribution in [0.5, 0.6) is 5.75 Å². The fourth-order valence-corrected chi connectivity index (χ4v) is 4.98. The Bertz CT molecular complexity index is 1160. The quantitative estimate of drug-likeness (QED) is 0.462. The van der Waals surface area contributed by atoms with Crippen molar-refractivity contribution in [1.82, 2.24) is 30.1 Å². The summed E-state index contributed by atoms with van der Waals surface area (Å²) < 4.78 is 5.86. The summed E-state index contributed by atoms with van der Waals surface area (Å²) in [6, 6.07) is 8.23. The zero-order chi connectivity index (χ0) is 22.6. The number of ether oxygens (including phenoxy) is 1. The lowest BCUT2D eigenvalue weighted by Gasteiger charge is -2.40. The number of imidazole rings is 1. The normalized spacial score (nSPS) is 17.6. The number of benzene rings is 1. The Balaban J connectivity index is 0.00000274. The van der Waals surface area contributed by atoms with Gasteiger partial charge in [-0.15, -0.1) is 12.4 Å². The number of pyridine rings is 1. The minimum absolute atomic E-state index is 0. The van der Waals surface area contributed by atoms with Gasteiger partial charge in [0.15, 0.2) is 5.65 Å². The van der Waals surface area contributed by atoms with Gasteiger partial charge in [-0.25, -0.2) is 14.6 Å². The first-order valence-electron chi connectivity index (χ1n) is 12.1. The largest absolute Gasteiger partial charge is 0.494 e. The first-order chi connectivity index (χ1) is 16.2. The number of hydrogen-bond acceptors (Lipinski definition) is 5. The van der Waals surface area contributed by atoms with Gasteiger partial charge in [-0.05, 0) is 69.5 Å². The summed E-state index contributed by atoms with van der Waals surface area (Å²) in [5, 5.41) is 3.93. The van der Waals surface area contributed by atoms with Crippen molar-refractivity contribution in [3.8, 4) is 5.75 Å². The van der Waals surface area contributed by atoms with E-state index in [0.29, 0.717) is 30.4 Å². The Morgan fingerprint density at radius 3 is 2.68 bits per heavy atom. The number of aromatic amines is 2. The molecule has 2 aliphatic rings. The molecule has 2 saturated heterocycles. The SMILES string of the molecule is Cl.O=C(NCCCOc1ccc2nc3[nH]c(=O)[nH]c3cc2c1)N1CCC(N2CCCCC2)CC1. The minimum Gasteiger partial charge on any atom is -0.494 e. The van der Waals surface area contributed by atoms with Crippen LogP contribution in [0.4, 0.5) is 4.79 Å². The summed E-state index contributed by atoms with van der Waals surface area (Å²) in [7, 11) is 0. The van der Waals surface area contributed by atoms with E-state index in [1.165, 1.54) is 32.4 Å². The Morgan fingerprint density at radius 2 is 1.88 bits per heavy atom. The first kappa shape index (κ1) is 24.3. The smallest absolute Gasteiger partial charge is 0.325 e. The van der Waals surface area contributed by atoms with Crippen LogP contribution >= 0.6 is 12.4 Å². The second-order valence-corrected chi connectivity index (χ2v) is 9.07. The van der Waals surface area contributed by atoms with Gasteiger partial charge in [-0.2, -0.15) is 0 Å². The zero-order valence-electron chi connectivity index (χ0n) is 19.3. The highest BCUT2D eigenvalue weighted by atomic mass is 35.5. The maximum absolute atomic E-state index is 12.5. The van der Waals surface area contributed by atoms with Crippen LogP contribution in [0.2, 0.25) is 0 Å². The van der Waals surface area contributed by atoms with E-state index in [-0.39, 0.29) is 24.1 Å². The molecular weight excluding hydrogens is 456 g/mol. The van der Waals surface area contributed by atoms with Crippen LogP contribution in [0.1, 0.15) is 38.5 Å². The van der Waals surface area contributed by atoms with Crippen LogP contribution in [-0.4, -0.2) is 76.2 Å². The van der Waals surface area contributed by atoms with Gasteiger partial charge in [-0.1, -0.05) is 6.42 Å². The van der Waals surface area contributed by atoms with Crippen molar-refractivity contribution >= 4 is 40.5 Å². The van der Waals surface area contributed by atoms with E-state index in [1.807, 2.05) is 29.2 Å². The molecule has 2 aliphatic heterocycles. The number of carbonyl (C=O) groups excluding carboxylic acids is 1. The van der Waals surface area contributed by atoms with Crippen LogP contribution in [-0.2, 0) is 0 Å². The number of nitrogens with one attached hydrogen (secondary N) is 3. The van der Waals surface area contributed by atoms with E-state index in [1.54, 1.807) is 0 Å². The van der Waals surface area contributed by atoms with E-state index >= 15 is 0 Å². The lowest BCUT2D eigenvalue weighted by atomic mass is 10.0. The highest BCUT2D eigenvalue weighted by Crippen LogP contribution is 2.22. The van der Waals surface area contributed by atoms with Crippen LogP contribution in [0, 0.1) is 0 Å². The number of amides is 2. The summed E-state index contributed by atoms with van der Waals surface area (Å²) in [4.78, 5) is 38.4. The van der Waals surface area contributed by atoms with E-state index < -0.39 is 0 Å². The predicted molar refractivity (Wildman–Crippen MR) is 135 cm³/mol. The summed E-state index contributed by atoms with van der Waals surface area (Å²) in [5.41, 5.74) is 1.75. The van der Waals surface area contributed by atoms with Crippen LogP contribution < -0.4 is 15.7 Å². The maximum Gasteiger partial charge on any atom is 0.325 e. The molecule has 0 saturated carbocycles. The van der Waals surface area contributed by atoms with Gasteiger partial charge in [0.05, 0.1) is 17.6 Å². The van der Waals surface area contributed by atoms with Crippen LogP contribution in [0.15, 0.2) is 29.1 Å². The number of carbonyl (C=O) groups is 1. The van der Waals surface area contributed by atoms with Gasteiger partial charge in [0.2, 0.25) is 0 Å². The highest BCUT2D eigenvalue weighted by Gasteiger charge is 2.27. The van der Waals surface area contributed by atoms with Gasteiger partial charge < -0.3 is 24.8 Å². The Hall–Kier alpha value is -2.78. The molecule has 0 atom stereocenters. The van der Waals surface area contributed by atoms with Crippen molar-refractivity contribution < 1.29 is 9.53 Å². The number of H-pyrrole nitrogens is 2. The molecule has 1 aromatic carbocycles. The van der Waals surface area contributed by atoms with Crippen molar-refractivity contribution in [2.75, 3.05) is 39.3 Å². The topological polar surface area (TPSA) is 106 Å². The molecule has 0 aliphatic carbocycles. The van der Waals surface area contributed by atoms with E-state index in [4.69, 9.17) is 4.74 Å².